The molecule has 0 fully saturated rings. The number of nitrogens with zero attached hydrogens (tertiary/aromatic N) is 2. The van der Waals surface area contributed by atoms with Crippen molar-refractivity contribution < 1.29 is 17.9 Å². The quantitative estimate of drug-likeness (QED) is 0.760. The van der Waals surface area contributed by atoms with Crippen molar-refractivity contribution in [1.82, 2.24) is 4.90 Å². The number of nitriles is 1. The zero-order chi connectivity index (χ0) is 15.2. The minimum absolute atomic E-state index is 0.0932. The minimum Gasteiger partial charge on any atom is -0.482 e. The van der Waals surface area contributed by atoms with E-state index in [1.807, 2.05) is 6.07 Å². The first-order chi connectivity index (χ1) is 9.33. The summed E-state index contributed by atoms with van der Waals surface area (Å²) < 4.78 is 27.3. The number of benzene rings is 1. The lowest BCUT2D eigenvalue weighted by molar-refractivity contribution is -0.131. The first-order valence-corrected chi connectivity index (χ1v) is 7.93. The fourth-order valence-electron chi connectivity index (χ4n) is 1.36. The van der Waals surface area contributed by atoms with Crippen LogP contribution in [0.1, 0.15) is 5.56 Å². The molecule has 108 valence electrons. The van der Waals surface area contributed by atoms with Crippen LogP contribution < -0.4 is 4.74 Å². The van der Waals surface area contributed by atoms with E-state index in [0.29, 0.717) is 11.3 Å². The summed E-state index contributed by atoms with van der Waals surface area (Å²) in [4.78, 5) is 13.0. The van der Waals surface area contributed by atoms with Gasteiger partial charge in [-0.25, -0.2) is 8.42 Å². The Bertz CT molecular complexity index is 620. The van der Waals surface area contributed by atoms with Gasteiger partial charge in [-0.15, -0.1) is 0 Å². The first-order valence-electron chi connectivity index (χ1n) is 5.87. The summed E-state index contributed by atoms with van der Waals surface area (Å²) in [6.45, 7) is -0.125. The molecule has 20 heavy (non-hydrogen) atoms. The summed E-state index contributed by atoms with van der Waals surface area (Å²) in [6.07, 6.45) is 1.12. The molecule has 0 N–H and O–H groups in total. The van der Waals surface area contributed by atoms with Gasteiger partial charge in [0, 0.05) is 19.8 Å². The van der Waals surface area contributed by atoms with Crippen LogP contribution in [0, 0.1) is 11.3 Å². The Morgan fingerprint density at radius 2 is 2.05 bits per heavy atom. The van der Waals surface area contributed by atoms with Crippen LogP contribution >= 0.6 is 0 Å². The van der Waals surface area contributed by atoms with Gasteiger partial charge in [0.15, 0.2) is 6.61 Å². The third kappa shape index (κ3) is 5.28. The highest BCUT2D eigenvalue weighted by molar-refractivity contribution is 7.90. The molecule has 0 atom stereocenters. The lowest BCUT2D eigenvalue weighted by Crippen LogP contribution is -2.34. The Kier molecular flexibility index (Phi) is 5.53. The van der Waals surface area contributed by atoms with E-state index in [9.17, 15) is 13.2 Å². The number of likely N-dealkylation sites (N-methyl/N-ethyl adjacent to an activating group) is 1. The van der Waals surface area contributed by atoms with Crippen LogP contribution in [-0.4, -0.2) is 51.4 Å². The van der Waals surface area contributed by atoms with E-state index in [1.165, 1.54) is 11.9 Å². The summed E-state index contributed by atoms with van der Waals surface area (Å²) >= 11 is 0. The third-order valence-corrected chi connectivity index (χ3v) is 3.51. The standard InChI is InChI=1S/C13H16N2O4S/c1-15(7-8-20(2,17)18)13(16)10-19-12-6-4-3-5-11(12)9-14/h3-6H,7-8,10H2,1-2H3. The molecule has 6 nitrogen and oxygen atoms in total. The van der Waals surface area contributed by atoms with Crippen LogP contribution in [0.2, 0.25) is 0 Å². The monoisotopic (exact) mass is 296 g/mol. The summed E-state index contributed by atoms with van der Waals surface area (Å²) in [5, 5.41) is 8.87. The van der Waals surface area contributed by atoms with Crippen molar-refractivity contribution in [3.8, 4) is 11.8 Å². The number of ether oxygens (including phenoxy) is 1. The van der Waals surface area contributed by atoms with Gasteiger partial charge in [-0.1, -0.05) is 12.1 Å². The molecule has 1 aromatic rings. The van der Waals surface area contributed by atoms with Crippen LogP contribution in [0.4, 0.5) is 0 Å². The third-order valence-electron chi connectivity index (χ3n) is 2.58. The van der Waals surface area contributed by atoms with Crippen molar-refractivity contribution in [2.75, 3.05) is 32.2 Å². The molecule has 0 saturated heterocycles. The highest BCUT2D eigenvalue weighted by Gasteiger charge is 2.13. The second-order valence-electron chi connectivity index (χ2n) is 4.34. The highest BCUT2D eigenvalue weighted by atomic mass is 32.2. The Morgan fingerprint density at radius 3 is 2.65 bits per heavy atom. The van der Waals surface area contributed by atoms with E-state index < -0.39 is 9.84 Å². The predicted octanol–water partition coefficient (Wildman–Crippen LogP) is 0.440. The van der Waals surface area contributed by atoms with Gasteiger partial charge in [-0.2, -0.15) is 5.26 Å². The molecule has 0 radical (unpaired) electrons. The summed E-state index contributed by atoms with van der Waals surface area (Å²) in [6, 6.07) is 8.56. The van der Waals surface area contributed by atoms with E-state index >= 15 is 0 Å². The van der Waals surface area contributed by atoms with E-state index in [4.69, 9.17) is 10.00 Å². The van der Waals surface area contributed by atoms with Gasteiger partial charge in [-0.3, -0.25) is 4.79 Å². The summed E-state index contributed by atoms with van der Waals surface area (Å²) in [7, 11) is -1.60. The first kappa shape index (κ1) is 16.0. The maximum absolute atomic E-state index is 11.8. The number of carbonyl (C=O) groups excluding carboxylic acids is 1. The normalized spacial score (nSPS) is 10.7. The second-order valence-corrected chi connectivity index (χ2v) is 6.60. The zero-order valence-electron chi connectivity index (χ0n) is 11.4. The molecule has 1 rings (SSSR count). The zero-order valence-corrected chi connectivity index (χ0v) is 12.2. The molecule has 0 aliphatic heterocycles. The Labute approximate surface area is 118 Å². The SMILES string of the molecule is CN(CCS(C)(=O)=O)C(=O)COc1ccccc1C#N. The molecule has 0 aliphatic rings. The van der Waals surface area contributed by atoms with Gasteiger partial charge in [0.1, 0.15) is 21.7 Å². The number of para-hydroxylation sites is 1. The molecule has 0 saturated carbocycles. The largest absolute Gasteiger partial charge is 0.482 e. The molecule has 0 spiro atoms. The fraction of sp³-hybridized carbons (Fsp3) is 0.385. The molecule has 0 heterocycles. The summed E-state index contributed by atoms with van der Waals surface area (Å²) in [5.41, 5.74) is 0.346. The topological polar surface area (TPSA) is 87.5 Å². The van der Waals surface area contributed by atoms with Crippen LogP contribution in [0.5, 0.6) is 5.75 Å². The average Bonchev–Trinajstić information content (AvgIpc) is 2.41. The maximum atomic E-state index is 11.8. The average molecular weight is 296 g/mol. The number of amides is 1. The molecular weight excluding hydrogens is 280 g/mol. The number of hydrogen-bond acceptors (Lipinski definition) is 5. The maximum Gasteiger partial charge on any atom is 0.260 e. The van der Waals surface area contributed by atoms with Crippen LogP contribution in [0.25, 0.3) is 0 Å². The van der Waals surface area contributed by atoms with Crippen molar-refractivity contribution in [2.45, 2.75) is 0 Å². The van der Waals surface area contributed by atoms with Gasteiger partial charge in [0.25, 0.3) is 5.91 Å². The second kappa shape index (κ2) is 6.91. The molecule has 0 bridgehead atoms. The number of rotatable bonds is 6. The Hall–Kier alpha value is -2.07. The van der Waals surface area contributed by atoms with Crippen LogP contribution in [0.3, 0.4) is 0 Å². The van der Waals surface area contributed by atoms with Crippen LogP contribution in [0.15, 0.2) is 24.3 Å². The van der Waals surface area contributed by atoms with Gasteiger partial charge < -0.3 is 9.64 Å². The molecule has 0 aliphatic carbocycles. The van der Waals surface area contributed by atoms with Gasteiger partial charge in [-0.05, 0) is 12.1 Å². The minimum atomic E-state index is -3.11. The van der Waals surface area contributed by atoms with Gasteiger partial charge in [0.05, 0.1) is 11.3 Å². The molecule has 0 aromatic heterocycles. The van der Waals surface area contributed by atoms with Crippen molar-refractivity contribution in [1.29, 1.82) is 5.26 Å². The van der Waals surface area contributed by atoms with E-state index in [2.05, 4.69) is 0 Å². The van der Waals surface area contributed by atoms with Gasteiger partial charge >= 0.3 is 0 Å². The number of carbonyl (C=O) groups is 1. The van der Waals surface area contributed by atoms with Crippen molar-refractivity contribution in [3.05, 3.63) is 29.8 Å². The van der Waals surface area contributed by atoms with Gasteiger partial charge in [0.2, 0.25) is 0 Å². The van der Waals surface area contributed by atoms with Crippen molar-refractivity contribution in [3.63, 3.8) is 0 Å². The smallest absolute Gasteiger partial charge is 0.260 e. The predicted molar refractivity (Wildman–Crippen MR) is 74.0 cm³/mol. The van der Waals surface area contributed by atoms with E-state index in [0.717, 1.165) is 6.26 Å². The van der Waals surface area contributed by atoms with E-state index in [1.54, 1.807) is 24.3 Å². The highest BCUT2D eigenvalue weighted by Crippen LogP contribution is 2.16. The van der Waals surface area contributed by atoms with Crippen molar-refractivity contribution in [2.24, 2.45) is 0 Å². The number of hydrogen-bond donors (Lipinski definition) is 0. The molecule has 1 aromatic carbocycles. The lowest BCUT2D eigenvalue weighted by atomic mass is 10.2. The lowest BCUT2D eigenvalue weighted by Gasteiger charge is -2.17. The van der Waals surface area contributed by atoms with Crippen LogP contribution in [-0.2, 0) is 14.6 Å². The molecular formula is C13H16N2O4S. The van der Waals surface area contributed by atoms with E-state index in [-0.39, 0.29) is 24.8 Å². The molecule has 0 unspecified atom stereocenters. The Balaban J connectivity index is 2.53. The number of sulfone groups is 1. The molecule has 1 amide bonds. The summed E-state index contributed by atoms with van der Waals surface area (Å²) in [5.74, 6) is -0.106. The Morgan fingerprint density at radius 1 is 1.40 bits per heavy atom. The van der Waals surface area contributed by atoms with Crippen molar-refractivity contribution >= 4 is 15.7 Å². The molecule has 7 heteroatoms. The fourth-order valence-corrected chi connectivity index (χ4v) is 1.97.